The summed E-state index contributed by atoms with van der Waals surface area (Å²) in [6.07, 6.45) is 1.34. The van der Waals surface area contributed by atoms with E-state index in [1.54, 1.807) is 38.1 Å². The van der Waals surface area contributed by atoms with Gasteiger partial charge in [-0.1, -0.05) is 18.2 Å². The molecule has 27 heavy (non-hydrogen) atoms. The molecule has 0 saturated heterocycles. The molecule has 0 heterocycles. The SMILES string of the molecule is Cc1ccccc1NC(=O)N/N=C/c1ccc(OCC(=O)OC(C)C)cc1. The molecule has 2 rings (SSSR count). The van der Waals surface area contributed by atoms with Crippen LogP contribution in [0.5, 0.6) is 5.75 Å². The molecule has 7 nitrogen and oxygen atoms in total. The molecule has 2 N–H and O–H groups in total. The van der Waals surface area contributed by atoms with Crippen molar-refractivity contribution in [2.45, 2.75) is 26.9 Å². The Morgan fingerprint density at radius 1 is 1.11 bits per heavy atom. The van der Waals surface area contributed by atoms with Crippen LogP contribution in [-0.2, 0) is 9.53 Å². The molecule has 0 unspecified atom stereocenters. The van der Waals surface area contributed by atoms with E-state index in [1.807, 2.05) is 31.2 Å². The highest BCUT2D eigenvalue weighted by Gasteiger charge is 2.06. The minimum atomic E-state index is -0.427. The van der Waals surface area contributed by atoms with Gasteiger partial charge >= 0.3 is 12.0 Å². The molecule has 0 aliphatic heterocycles. The Morgan fingerprint density at radius 3 is 2.48 bits per heavy atom. The van der Waals surface area contributed by atoms with Crippen LogP contribution in [0, 0.1) is 6.92 Å². The number of urea groups is 1. The number of hydrazone groups is 1. The summed E-state index contributed by atoms with van der Waals surface area (Å²) in [5.74, 6) is 0.123. The average Bonchev–Trinajstić information content (AvgIpc) is 2.62. The highest BCUT2D eigenvalue weighted by molar-refractivity contribution is 5.91. The molecule has 0 atom stereocenters. The normalized spacial score (nSPS) is 10.7. The smallest absolute Gasteiger partial charge is 0.344 e. The predicted octanol–water partition coefficient (Wildman–Crippen LogP) is 3.48. The molecule has 0 aliphatic rings. The summed E-state index contributed by atoms with van der Waals surface area (Å²) >= 11 is 0. The Kier molecular flexibility index (Phi) is 7.37. The zero-order chi connectivity index (χ0) is 19.6. The van der Waals surface area contributed by atoms with Crippen LogP contribution in [0.1, 0.15) is 25.0 Å². The van der Waals surface area contributed by atoms with Crippen molar-refractivity contribution in [2.75, 3.05) is 11.9 Å². The summed E-state index contributed by atoms with van der Waals surface area (Å²) in [4.78, 5) is 23.3. The second-order valence-electron chi connectivity index (χ2n) is 6.04. The Labute approximate surface area is 158 Å². The summed E-state index contributed by atoms with van der Waals surface area (Å²) in [7, 11) is 0. The molecule has 0 spiro atoms. The van der Waals surface area contributed by atoms with E-state index in [4.69, 9.17) is 9.47 Å². The molecular weight excluding hydrogens is 346 g/mol. The molecule has 2 aromatic carbocycles. The Morgan fingerprint density at radius 2 is 1.81 bits per heavy atom. The number of hydrogen-bond acceptors (Lipinski definition) is 5. The van der Waals surface area contributed by atoms with Crippen LogP contribution in [-0.4, -0.2) is 30.9 Å². The lowest BCUT2D eigenvalue weighted by Gasteiger charge is -2.09. The fourth-order valence-corrected chi connectivity index (χ4v) is 2.12. The molecule has 0 bridgehead atoms. The van der Waals surface area contributed by atoms with Crippen molar-refractivity contribution in [2.24, 2.45) is 5.10 Å². The number of aryl methyl sites for hydroxylation is 1. The van der Waals surface area contributed by atoms with Crippen LogP contribution < -0.4 is 15.5 Å². The molecule has 142 valence electrons. The number of rotatable bonds is 7. The van der Waals surface area contributed by atoms with Gasteiger partial charge in [0.15, 0.2) is 6.61 Å². The van der Waals surface area contributed by atoms with E-state index in [0.29, 0.717) is 5.75 Å². The predicted molar refractivity (Wildman–Crippen MR) is 104 cm³/mol. The van der Waals surface area contributed by atoms with E-state index in [9.17, 15) is 9.59 Å². The van der Waals surface area contributed by atoms with Gasteiger partial charge in [0, 0.05) is 5.69 Å². The fourth-order valence-electron chi connectivity index (χ4n) is 2.12. The Bertz CT molecular complexity index is 801. The number of para-hydroxylation sites is 1. The minimum absolute atomic E-state index is 0.147. The highest BCUT2D eigenvalue weighted by Crippen LogP contribution is 2.13. The first-order chi connectivity index (χ1) is 12.9. The van der Waals surface area contributed by atoms with E-state index < -0.39 is 12.0 Å². The summed E-state index contributed by atoms with van der Waals surface area (Å²) in [6.45, 7) is 5.32. The van der Waals surface area contributed by atoms with Gasteiger partial charge in [0.25, 0.3) is 0 Å². The fraction of sp³-hybridized carbons (Fsp3) is 0.250. The summed E-state index contributed by atoms with van der Waals surface area (Å²) in [5.41, 5.74) is 4.86. The van der Waals surface area contributed by atoms with Crippen LogP contribution in [0.4, 0.5) is 10.5 Å². The van der Waals surface area contributed by atoms with E-state index >= 15 is 0 Å². The zero-order valence-electron chi connectivity index (χ0n) is 15.6. The van der Waals surface area contributed by atoms with E-state index in [2.05, 4.69) is 15.8 Å². The lowest BCUT2D eigenvalue weighted by molar-refractivity contribution is -0.149. The van der Waals surface area contributed by atoms with E-state index in [-0.39, 0.29) is 12.7 Å². The molecule has 0 aromatic heterocycles. The van der Waals surface area contributed by atoms with Crippen molar-refractivity contribution in [1.29, 1.82) is 0 Å². The maximum Gasteiger partial charge on any atom is 0.344 e. The molecule has 2 amide bonds. The number of nitrogens with one attached hydrogen (secondary N) is 2. The highest BCUT2D eigenvalue weighted by atomic mass is 16.6. The van der Waals surface area contributed by atoms with Crippen LogP contribution >= 0.6 is 0 Å². The van der Waals surface area contributed by atoms with Crippen molar-refractivity contribution in [1.82, 2.24) is 5.43 Å². The standard InChI is InChI=1S/C20H23N3O4/c1-14(2)27-19(24)13-26-17-10-8-16(9-11-17)12-21-23-20(25)22-18-7-5-4-6-15(18)3/h4-12,14H,13H2,1-3H3,(H2,22,23,25)/b21-12+. The number of hydrogen-bond donors (Lipinski definition) is 2. The van der Waals surface area contributed by atoms with Gasteiger partial charge in [0.2, 0.25) is 0 Å². The van der Waals surface area contributed by atoms with Gasteiger partial charge < -0.3 is 14.8 Å². The van der Waals surface area contributed by atoms with Crippen molar-refractivity contribution < 1.29 is 19.1 Å². The van der Waals surface area contributed by atoms with Gasteiger partial charge in [-0.15, -0.1) is 0 Å². The second kappa shape index (κ2) is 9.96. The van der Waals surface area contributed by atoms with Gasteiger partial charge in [0.05, 0.1) is 12.3 Å². The topological polar surface area (TPSA) is 89.0 Å². The maximum absolute atomic E-state index is 11.8. The first kappa shape index (κ1) is 20.0. The van der Waals surface area contributed by atoms with Crippen LogP contribution in [0.3, 0.4) is 0 Å². The summed E-state index contributed by atoms with van der Waals surface area (Å²) < 4.78 is 10.3. The Hall–Kier alpha value is -3.35. The average molecular weight is 369 g/mol. The van der Waals surface area contributed by atoms with Crippen molar-refractivity contribution >= 4 is 23.9 Å². The molecule has 0 saturated carbocycles. The van der Waals surface area contributed by atoms with Crippen molar-refractivity contribution in [3.8, 4) is 5.75 Å². The number of anilines is 1. The molecule has 0 fully saturated rings. The number of carbonyl (C=O) groups excluding carboxylic acids is 2. The number of nitrogens with zero attached hydrogens (tertiary/aromatic N) is 1. The third-order valence-corrected chi connectivity index (χ3v) is 3.38. The van der Waals surface area contributed by atoms with Crippen molar-refractivity contribution in [3.05, 3.63) is 59.7 Å². The quantitative estimate of drug-likeness (QED) is 0.444. The number of ether oxygens (including phenoxy) is 2. The van der Waals surface area contributed by atoms with E-state index in [0.717, 1.165) is 16.8 Å². The largest absolute Gasteiger partial charge is 0.482 e. The van der Waals surface area contributed by atoms with Gasteiger partial charge in [-0.25, -0.2) is 15.0 Å². The third kappa shape index (κ3) is 7.19. The summed E-state index contributed by atoms with van der Waals surface area (Å²) in [6, 6.07) is 14.0. The first-order valence-corrected chi connectivity index (χ1v) is 8.52. The first-order valence-electron chi connectivity index (χ1n) is 8.52. The van der Waals surface area contributed by atoms with E-state index in [1.165, 1.54) is 6.21 Å². The third-order valence-electron chi connectivity index (χ3n) is 3.38. The van der Waals surface area contributed by atoms with Gasteiger partial charge in [0.1, 0.15) is 5.75 Å². The van der Waals surface area contributed by atoms with Crippen LogP contribution in [0.25, 0.3) is 0 Å². The second-order valence-corrected chi connectivity index (χ2v) is 6.04. The lowest BCUT2D eigenvalue weighted by Crippen LogP contribution is -2.24. The summed E-state index contributed by atoms with van der Waals surface area (Å²) in [5, 5.41) is 6.62. The molecule has 2 aromatic rings. The molecule has 0 aliphatic carbocycles. The van der Waals surface area contributed by atoms with Crippen LogP contribution in [0.15, 0.2) is 53.6 Å². The van der Waals surface area contributed by atoms with Crippen molar-refractivity contribution in [3.63, 3.8) is 0 Å². The number of amides is 2. The van der Waals surface area contributed by atoms with Gasteiger partial charge in [-0.2, -0.15) is 5.10 Å². The molecule has 7 heteroatoms. The monoisotopic (exact) mass is 369 g/mol. The minimum Gasteiger partial charge on any atom is -0.482 e. The van der Waals surface area contributed by atoms with Crippen LogP contribution in [0.2, 0.25) is 0 Å². The molecule has 0 radical (unpaired) electrons. The number of benzene rings is 2. The number of carbonyl (C=O) groups is 2. The zero-order valence-corrected chi connectivity index (χ0v) is 15.6. The Balaban J connectivity index is 1.79. The number of esters is 1. The lowest BCUT2D eigenvalue weighted by atomic mass is 10.2. The maximum atomic E-state index is 11.8. The van der Waals surface area contributed by atoms with Gasteiger partial charge in [-0.3, -0.25) is 0 Å². The van der Waals surface area contributed by atoms with Gasteiger partial charge in [-0.05, 0) is 62.2 Å². The molecular formula is C20H23N3O4.